The first-order valence-electron chi connectivity index (χ1n) is 7.76. The molecule has 3 aromatic rings. The van der Waals surface area contributed by atoms with Crippen LogP contribution in [0.2, 0.25) is 0 Å². The number of hydrogen-bond acceptors (Lipinski definition) is 3. The van der Waals surface area contributed by atoms with Crippen molar-refractivity contribution in [3.63, 3.8) is 0 Å². The topological polar surface area (TPSA) is 63.9 Å². The third kappa shape index (κ3) is 3.72. The molecule has 0 aliphatic heterocycles. The minimum atomic E-state index is 0.517. The number of H-pyrrole nitrogens is 1. The van der Waals surface area contributed by atoms with Crippen molar-refractivity contribution >= 4 is 5.69 Å². The van der Waals surface area contributed by atoms with Crippen LogP contribution in [0.3, 0.4) is 0 Å². The zero-order chi connectivity index (χ0) is 16.2. The molecule has 0 fully saturated rings. The Labute approximate surface area is 136 Å². The van der Waals surface area contributed by atoms with Gasteiger partial charge in [0.2, 0.25) is 0 Å². The van der Waals surface area contributed by atoms with Gasteiger partial charge in [0.1, 0.15) is 5.75 Å². The van der Waals surface area contributed by atoms with Crippen LogP contribution in [-0.4, -0.2) is 16.8 Å². The Bertz CT molecular complexity index is 758. The summed E-state index contributed by atoms with van der Waals surface area (Å²) in [6.45, 7) is 5.00. The lowest BCUT2D eigenvalue weighted by Gasteiger charge is -2.08. The van der Waals surface area contributed by atoms with Crippen LogP contribution >= 0.6 is 0 Å². The van der Waals surface area contributed by atoms with E-state index in [-0.39, 0.29) is 0 Å². The van der Waals surface area contributed by atoms with Gasteiger partial charge in [-0.2, -0.15) is 5.10 Å². The first-order valence-corrected chi connectivity index (χ1v) is 7.76. The number of anilines is 1. The molecule has 3 rings (SSSR count). The molecule has 0 aliphatic rings. The van der Waals surface area contributed by atoms with Crippen molar-refractivity contribution < 1.29 is 4.74 Å². The predicted molar refractivity (Wildman–Crippen MR) is 94.2 cm³/mol. The molecule has 118 valence electrons. The minimum Gasteiger partial charge on any atom is -0.493 e. The van der Waals surface area contributed by atoms with E-state index in [1.165, 1.54) is 0 Å². The average molecular weight is 307 g/mol. The van der Waals surface area contributed by atoms with Gasteiger partial charge < -0.3 is 10.5 Å². The molecule has 2 aromatic carbocycles. The lowest BCUT2D eigenvalue weighted by Crippen LogP contribution is -2.04. The van der Waals surface area contributed by atoms with Gasteiger partial charge in [0, 0.05) is 11.3 Å². The summed E-state index contributed by atoms with van der Waals surface area (Å²) < 4.78 is 5.70. The maximum absolute atomic E-state index is 5.72. The lowest BCUT2D eigenvalue weighted by molar-refractivity contribution is 0.271. The molecule has 0 amide bonds. The number of ether oxygens (including phenoxy) is 1. The van der Waals surface area contributed by atoms with Crippen molar-refractivity contribution in [3.05, 3.63) is 54.6 Å². The number of aromatic nitrogens is 2. The van der Waals surface area contributed by atoms with Gasteiger partial charge in [0.25, 0.3) is 0 Å². The van der Waals surface area contributed by atoms with Gasteiger partial charge in [-0.25, -0.2) is 0 Å². The Balaban J connectivity index is 1.76. The number of nitrogens with zero attached hydrogens (tertiary/aromatic N) is 1. The minimum absolute atomic E-state index is 0.517. The first-order chi connectivity index (χ1) is 11.1. The molecular formula is C19H21N3O. The highest BCUT2D eigenvalue weighted by Gasteiger charge is 2.06. The highest BCUT2D eigenvalue weighted by molar-refractivity contribution is 5.69. The molecule has 0 bridgehead atoms. The van der Waals surface area contributed by atoms with E-state index >= 15 is 0 Å². The largest absolute Gasteiger partial charge is 0.493 e. The SMILES string of the molecule is CC(C)COc1ccc(-c2cc(-c3ccc(N)cc3)[nH]n2)cc1. The van der Waals surface area contributed by atoms with E-state index in [9.17, 15) is 0 Å². The zero-order valence-electron chi connectivity index (χ0n) is 13.4. The van der Waals surface area contributed by atoms with E-state index in [1.807, 2.05) is 54.6 Å². The zero-order valence-corrected chi connectivity index (χ0v) is 13.4. The molecule has 0 atom stereocenters. The van der Waals surface area contributed by atoms with Gasteiger partial charge in [0.15, 0.2) is 0 Å². The predicted octanol–water partition coefficient (Wildman–Crippen LogP) is 4.36. The molecule has 0 saturated heterocycles. The van der Waals surface area contributed by atoms with Crippen molar-refractivity contribution in [3.8, 4) is 28.3 Å². The smallest absolute Gasteiger partial charge is 0.119 e. The van der Waals surface area contributed by atoms with Gasteiger partial charge in [-0.3, -0.25) is 5.10 Å². The molecule has 4 nitrogen and oxygen atoms in total. The summed E-state index contributed by atoms with van der Waals surface area (Å²) in [5, 5.41) is 7.46. The Morgan fingerprint density at radius 1 is 1.00 bits per heavy atom. The van der Waals surface area contributed by atoms with Gasteiger partial charge in [0.05, 0.1) is 18.0 Å². The lowest BCUT2D eigenvalue weighted by atomic mass is 10.1. The molecule has 1 heterocycles. The van der Waals surface area contributed by atoms with E-state index in [0.717, 1.165) is 40.6 Å². The summed E-state index contributed by atoms with van der Waals surface area (Å²) in [5.74, 6) is 1.40. The summed E-state index contributed by atoms with van der Waals surface area (Å²) in [6.07, 6.45) is 0. The second kappa shape index (κ2) is 6.57. The fourth-order valence-electron chi connectivity index (χ4n) is 2.26. The van der Waals surface area contributed by atoms with E-state index in [2.05, 4.69) is 24.0 Å². The van der Waals surface area contributed by atoms with Gasteiger partial charge in [-0.05, 0) is 53.9 Å². The molecule has 4 heteroatoms. The van der Waals surface area contributed by atoms with Crippen LogP contribution in [0.4, 0.5) is 5.69 Å². The standard InChI is InChI=1S/C19H21N3O/c1-13(2)12-23-17-9-5-15(6-10-17)19-11-18(21-22-19)14-3-7-16(20)8-4-14/h3-11,13H,12,20H2,1-2H3,(H,21,22). The van der Waals surface area contributed by atoms with Gasteiger partial charge in [-0.1, -0.05) is 26.0 Å². The monoisotopic (exact) mass is 307 g/mol. The van der Waals surface area contributed by atoms with Crippen LogP contribution in [-0.2, 0) is 0 Å². The molecule has 23 heavy (non-hydrogen) atoms. The van der Waals surface area contributed by atoms with Crippen LogP contribution in [0.25, 0.3) is 22.5 Å². The second-order valence-electron chi connectivity index (χ2n) is 6.02. The summed E-state index contributed by atoms with van der Waals surface area (Å²) in [6, 6.07) is 17.8. The van der Waals surface area contributed by atoms with Crippen molar-refractivity contribution in [2.45, 2.75) is 13.8 Å². The van der Waals surface area contributed by atoms with E-state index in [1.54, 1.807) is 0 Å². The van der Waals surface area contributed by atoms with Gasteiger partial charge in [-0.15, -0.1) is 0 Å². The third-order valence-corrected chi connectivity index (χ3v) is 3.53. The van der Waals surface area contributed by atoms with Crippen molar-refractivity contribution in [2.75, 3.05) is 12.3 Å². The Morgan fingerprint density at radius 2 is 1.65 bits per heavy atom. The van der Waals surface area contributed by atoms with Crippen LogP contribution in [0, 0.1) is 5.92 Å². The average Bonchev–Trinajstić information content (AvgIpc) is 3.04. The molecule has 0 saturated carbocycles. The third-order valence-electron chi connectivity index (χ3n) is 3.53. The Morgan fingerprint density at radius 3 is 2.30 bits per heavy atom. The summed E-state index contributed by atoms with van der Waals surface area (Å²) in [4.78, 5) is 0. The molecule has 1 aromatic heterocycles. The fourth-order valence-corrected chi connectivity index (χ4v) is 2.26. The van der Waals surface area contributed by atoms with E-state index in [0.29, 0.717) is 5.92 Å². The molecule has 3 N–H and O–H groups in total. The number of nitrogens with one attached hydrogen (secondary N) is 1. The maximum atomic E-state index is 5.72. The van der Waals surface area contributed by atoms with Crippen molar-refractivity contribution in [2.24, 2.45) is 5.92 Å². The fraction of sp³-hybridized carbons (Fsp3) is 0.211. The van der Waals surface area contributed by atoms with E-state index < -0.39 is 0 Å². The summed E-state index contributed by atoms with van der Waals surface area (Å²) >= 11 is 0. The normalized spacial score (nSPS) is 10.9. The number of rotatable bonds is 5. The van der Waals surface area contributed by atoms with Crippen LogP contribution in [0.1, 0.15) is 13.8 Å². The van der Waals surface area contributed by atoms with Crippen LogP contribution in [0.15, 0.2) is 54.6 Å². The molecule has 0 aliphatic carbocycles. The highest BCUT2D eigenvalue weighted by Crippen LogP contribution is 2.26. The Kier molecular flexibility index (Phi) is 4.33. The first kappa shape index (κ1) is 15.2. The number of nitrogen functional groups attached to an aromatic ring is 1. The van der Waals surface area contributed by atoms with E-state index in [4.69, 9.17) is 10.5 Å². The van der Waals surface area contributed by atoms with Crippen LogP contribution < -0.4 is 10.5 Å². The number of nitrogens with two attached hydrogens (primary N) is 1. The quantitative estimate of drug-likeness (QED) is 0.688. The number of aromatic amines is 1. The molecule has 0 unspecified atom stereocenters. The number of benzene rings is 2. The number of hydrogen-bond donors (Lipinski definition) is 2. The van der Waals surface area contributed by atoms with Gasteiger partial charge >= 0.3 is 0 Å². The molecule has 0 radical (unpaired) electrons. The maximum Gasteiger partial charge on any atom is 0.119 e. The van der Waals surface area contributed by atoms with Crippen molar-refractivity contribution in [1.82, 2.24) is 10.2 Å². The second-order valence-corrected chi connectivity index (χ2v) is 6.02. The van der Waals surface area contributed by atoms with Crippen LogP contribution in [0.5, 0.6) is 5.75 Å². The van der Waals surface area contributed by atoms with Crippen molar-refractivity contribution in [1.29, 1.82) is 0 Å². The summed E-state index contributed by atoms with van der Waals surface area (Å²) in [5.41, 5.74) is 10.5. The summed E-state index contributed by atoms with van der Waals surface area (Å²) in [7, 11) is 0. The molecule has 0 spiro atoms. The molecular weight excluding hydrogens is 286 g/mol. The Hall–Kier alpha value is -2.75. The highest BCUT2D eigenvalue weighted by atomic mass is 16.5.